The number of carbonyl (C=O) groups excluding carboxylic acids is 1. The van der Waals surface area contributed by atoms with E-state index >= 15 is 0 Å². The molecule has 0 saturated carbocycles. The molecule has 0 aliphatic heterocycles. The normalized spacial score (nSPS) is 10.6. The zero-order valence-electron chi connectivity index (χ0n) is 6.26. The van der Waals surface area contributed by atoms with Crippen LogP contribution in [0.3, 0.4) is 0 Å². The van der Waals surface area contributed by atoms with Gasteiger partial charge in [0.25, 0.3) is 0 Å². The molecule has 0 amide bonds. The zero-order valence-corrected chi connectivity index (χ0v) is 10.2. The number of hydrogen-bond acceptors (Lipinski definition) is 2. The Morgan fingerprint density at radius 1 is 1.33 bits per heavy atom. The molecular formula is C5H3BF3KOS. The molecule has 0 fully saturated rings. The first kappa shape index (κ1) is 12.9. The summed E-state index contributed by atoms with van der Waals surface area (Å²) in [6.07, 6.45) is 0.413. The second kappa shape index (κ2) is 4.92. The first-order valence-electron chi connectivity index (χ1n) is 2.79. The van der Waals surface area contributed by atoms with Crippen LogP contribution in [0.15, 0.2) is 12.1 Å². The molecule has 1 heterocycles. The van der Waals surface area contributed by atoms with Crippen LogP contribution >= 0.6 is 11.3 Å². The van der Waals surface area contributed by atoms with E-state index in [0.29, 0.717) is 17.6 Å². The minimum atomic E-state index is -4.93. The Hall–Kier alpha value is 0.861. The maximum Gasteiger partial charge on any atom is 1.00 e. The van der Waals surface area contributed by atoms with Crippen molar-refractivity contribution in [2.45, 2.75) is 0 Å². The molecule has 1 aromatic heterocycles. The van der Waals surface area contributed by atoms with Crippen molar-refractivity contribution in [3.8, 4) is 0 Å². The molecule has 0 atom stereocenters. The van der Waals surface area contributed by atoms with Crippen molar-refractivity contribution in [1.82, 2.24) is 0 Å². The van der Waals surface area contributed by atoms with Gasteiger partial charge in [0.2, 0.25) is 0 Å². The summed E-state index contributed by atoms with van der Waals surface area (Å²) in [5.41, 5.74) is 0. The standard InChI is InChI=1S/C5H3BF3OS.K/c7-6(8,9)5-2-1-4(3-10)11-5;/h1-3H;/q-1;+1. The summed E-state index contributed by atoms with van der Waals surface area (Å²) in [6.45, 7) is -4.93. The third-order valence-electron chi connectivity index (χ3n) is 1.09. The summed E-state index contributed by atoms with van der Waals surface area (Å²) < 4.78 is 35.0. The first-order valence-corrected chi connectivity index (χ1v) is 3.60. The van der Waals surface area contributed by atoms with E-state index in [0.717, 1.165) is 6.07 Å². The van der Waals surface area contributed by atoms with Crippen molar-refractivity contribution in [3.05, 3.63) is 17.0 Å². The minimum Gasteiger partial charge on any atom is -0.444 e. The van der Waals surface area contributed by atoms with Gasteiger partial charge in [0, 0.05) is 0 Å². The molecule has 1 nitrogen and oxygen atoms in total. The van der Waals surface area contributed by atoms with Crippen LogP contribution in [0.4, 0.5) is 12.9 Å². The molecule has 0 saturated heterocycles. The molecule has 0 radical (unpaired) electrons. The summed E-state index contributed by atoms with van der Waals surface area (Å²) in [7, 11) is 0. The van der Waals surface area contributed by atoms with Gasteiger partial charge >= 0.3 is 58.4 Å². The number of thiophene rings is 1. The summed E-state index contributed by atoms with van der Waals surface area (Å²) in [5, 5.41) is 0. The van der Waals surface area contributed by atoms with Gasteiger partial charge in [-0.1, -0.05) is 10.8 Å². The molecule has 0 aromatic carbocycles. The predicted molar refractivity (Wildman–Crippen MR) is 38.4 cm³/mol. The molecular weight excluding hydrogens is 215 g/mol. The van der Waals surface area contributed by atoms with E-state index in [1.165, 1.54) is 6.07 Å². The number of hydrogen-bond donors (Lipinski definition) is 0. The minimum absolute atomic E-state index is 0. The number of carbonyl (C=O) groups is 1. The van der Waals surface area contributed by atoms with Crippen molar-refractivity contribution in [3.63, 3.8) is 0 Å². The molecule has 0 bridgehead atoms. The number of halogens is 3. The molecule has 0 unspecified atom stereocenters. The van der Waals surface area contributed by atoms with E-state index in [-0.39, 0.29) is 56.3 Å². The van der Waals surface area contributed by atoms with Crippen LogP contribution in [0.1, 0.15) is 9.67 Å². The third kappa shape index (κ3) is 3.31. The van der Waals surface area contributed by atoms with Gasteiger partial charge in [-0.2, -0.15) is 11.3 Å². The fourth-order valence-corrected chi connectivity index (χ4v) is 1.33. The second-order valence-electron chi connectivity index (χ2n) is 1.93. The Morgan fingerprint density at radius 2 is 1.92 bits per heavy atom. The Kier molecular flexibility index (Phi) is 5.27. The number of aldehydes is 1. The van der Waals surface area contributed by atoms with Gasteiger partial charge in [-0.15, -0.1) is 0 Å². The Balaban J connectivity index is 0.00000121. The number of rotatable bonds is 2. The van der Waals surface area contributed by atoms with E-state index in [2.05, 4.69) is 0 Å². The smallest absolute Gasteiger partial charge is 0.444 e. The Labute approximate surface area is 114 Å². The molecule has 60 valence electrons. The Bertz CT molecular complexity index is 272. The van der Waals surface area contributed by atoms with Gasteiger partial charge in [0.1, 0.15) is 0 Å². The SMILES string of the molecule is O=Cc1ccc([B-](F)(F)F)s1.[K+]. The average Bonchev–Trinajstić information content (AvgIpc) is 2.32. The van der Waals surface area contributed by atoms with Crippen LogP contribution in [0.5, 0.6) is 0 Å². The predicted octanol–water partition coefficient (Wildman–Crippen LogP) is -1.38. The molecule has 0 aliphatic carbocycles. The van der Waals surface area contributed by atoms with Gasteiger partial charge in [0.15, 0.2) is 6.29 Å². The largest absolute Gasteiger partial charge is 1.00 e. The summed E-state index contributed by atoms with van der Waals surface area (Å²) in [6, 6.07) is 2.09. The monoisotopic (exact) mass is 218 g/mol. The molecule has 7 heteroatoms. The zero-order chi connectivity index (χ0) is 8.48. The average molecular weight is 218 g/mol. The van der Waals surface area contributed by atoms with Gasteiger partial charge in [-0.3, -0.25) is 4.79 Å². The van der Waals surface area contributed by atoms with Crippen LogP contribution in [0.2, 0.25) is 0 Å². The van der Waals surface area contributed by atoms with Crippen LogP contribution in [-0.4, -0.2) is 13.3 Å². The van der Waals surface area contributed by atoms with Gasteiger partial charge in [-0.05, 0) is 6.07 Å². The van der Waals surface area contributed by atoms with Gasteiger partial charge in [0.05, 0.1) is 4.88 Å². The maximum atomic E-state index is 11.9. The van der Waals surface area contributed by atoms with Crippen molar-refractivity contribution < 1.29 is 69.1 Å². The van der Waals surface area contributed by atoms with Crippen molar-refractivity contribution >= 4 is 29.4 Å². The van der Waals surface area contributed by atoms with Gasteiger partial charge < -0.3 is 12.9 Å². The topological polar surface area (TPSA) is 17.1 Å². The van der Waals surface area contributed by atoms with Crippen LogP contribution in [-0.2, 0) is 0 Å². The second-order valence-corrected chi connectivity index (χ2v) is 3.08. The van der Waals surface area contributed by atoms with E-state index in [1.54, 1.807) is 0 Å². The molecule has 0 N–H and O–H groups in total. The van der Waals surface area contributed by atoms with Gasteiger partial charge in [-0.25, -0.2) is 0 Å². The summed E-state index contributed by atoms with van der Waals surface area (Å²) in [4.78, 5) is 10.1. The van der Waals surface area contributed by atoms with Crippen molar-refractivity contribution in [2.24, 2.45) is 0 Å². The molecule has 1 rings (SSSR count). The first-order chi connectivity index (χ1) is 5.04. The Morgan fingerprint density at radius 3 is 2.17 bits per heavy atom. The summed E-state index contributed by atoms with van der Waals surface area (Å²) >= 11 is 0.475. The fourth-order valence-electron chi connectivity index (χ4n) is 0.608. The van der Waals surface area contributed by atoms with E-state index in [9.17, 15) is 17.7 Å². The fraction of sp³-hybridized carbons (Fsp3) is 0. The third-order valence-corrected chi connectivity index (χ3v) is 2.19. The molecule has 12 heavy (non-hydrogen) atoms. The maximum absolute atomic E-state index is 11.9. The van der Waals surface area contributed by atoms with E-state index in [1.807, 2.05) is 0 Å². The summed E-state index contributed by atoms with van der Waals surface area (Å²) in [5.74, 6) is 0. The van der Waals surface area contributed by atoms with Crippen molar-refractivity contribution in [1.29, 1.82) is 0 Å². The van der Waals surface area contributed by atoms with E-state index < -0.39 is 11.8 Å². The van der Waals surface area contributed by atoms with Crippen molar-refractivity contribution in [2.75, 3.05) is 0 Å². The quantitative estimate of drug-likeness (QED) is 0.441. The van der Waals surface area contributed by atoms with Crippen LogP contribution < -0.4 is 56.2 Å². The molecule has 1 aromatic rings. The molecule has 0 spiro atoms. The van der Waals surface area contributed by atoms with Crippen LogP contribution in [0, 0.1) is 0 Å². The van der Waals surface area contributed by atoms with Crippen LogP contribution in [0.25, 0.3) is 0 Å². The molecule has 0 aliphatic rings. The van der Waals surface area contributed by atoms with E-state index in [4.69, 9.17) is 0 Å².